The molecule has 0 spiro atoms. The van der Waals surface area contributed by atoms with Crippen molar-refractivity contribution < 1.29 is 17.6 Å². The topological polar surface area (TPSA) is 70.8 Å². The fourth-order valence-corrected chi connectivity index (χ4v) is 5.59. The Balaban J connectivity index is 1.43. The first-order valence-corrected chi connectivity index (χ1v) is 10.5. The first kappa shape index (κ1) is 16.6. The van der Waals surface area contributed by atoms with Crippen molar-refractivity contribution in [2.75, 3.05) is 37.7 Å². The molecule has 6 nitrogen and oxygen atoms in total. The minimum Gasteiger partial charge on any atom is -0.451 e. The number of amides is 1. The number of nitrogens with zero attached hydrogens (tertiary/aromatic N) is 2. The van der Waals surface area contributed by atoms with Gasteiger partial charge in [0.1, 0.15) is 5.58 Å². The van der Waals surface area contributed by atoms with Crippen LogP contribution in [0, 0.1) is 6.92 Å². The summed E-state index contributed by atoms with van der Waals surface area (Å²) in [5, 5.41) is 0.943. The van der Waals surface area contributed by atoms with Gasteiger partial charge in [-0.05, 0) is 25.0 Å². The van der Waals surface area contributed by atoms with E-state index in [1.54, 1.807) is 11.0 Å². The van der Waals surface area contributed by atoms with Gasteiger partial charge in [0.25, 0.3) is 5.91 Å². The third kappa shape index (κ3) is 3.18. The van der Waals surface area contributed by atoms with Crippen molar-refractivity contribution in [3.8, 4) is 0 Å². The standard InChI is InChI=1S/C18H22N2O4S/c1-13-3-2-4-14-11-16(24-17(13)14)18(21)20-8-6-19(7-9-20)15-5-10-25(22,23)12-15/h2-4,11,15H,5-10,12H2,1H3. The highest BCUT2D eigenvalue weighted by Gasteiger charge is 2.34. The Kier molecular flexibility index (Phi) is 4.08. The van der Waals surface area contributed by atoms with E-state index in [0.717, 1.165) is 16.5 Å². The van der Waals surface area contributed by atoms with Crippen molar-refractivity contribution in [1.29, 1.82) is 0 Å². The molecule has 1 unspecified atom stereocenters. The van der Waals surface area contributed by atoms with Gasteiger partial charge in [-0.1, -0.05) is 18.2 Å². The molecule has 2 aliphatic rings. The van der Waals surface area contributed by atoms with Gasteiger partial charge in [-0.25, -0.2) is 8.42 Å². The van der Waals surface area contributed by atoms with Crippen molar-refractivity contribution in [2.45, 2.75) is 19.4 Å². The molecule has 0 radical (unpaired) electrons. The Morgan fingerprint density at radius 2 is 1.96 bits per heavy atom. The average Bonchev–Trinajstić information content (AvgIpc) is 3.18. The number of carbonyl (C=O) groups is 1. The van der Waals surface area contributed by atoms with E-state index < -0.39 is 9.84 Å². The highest BCUT2D eigenvalue weighted by atomic mass is 32.2. The lowest BCUT2D eigenvalue weighted by molar-refractivity contribution is 0.0561. The Morgan fingerprint density at radius 1 is 1.20 bits per heavy atom. The van der Waals surface area contributed by atoms with Gasteiger partial charge in [0.05, 0.1) is 11.5 Å². The number of para-hydroxylation sites is 1. The van der Waals surface area contributed by atoms with E-state index in [4.69, 9.17) is 4.42 Å². The van der Waals surface area contributed by atoms with Gasteiger partial charge in [-0.3, -0.25) is 9.69 Å². The van der Waals surface area contributed by atoms with E-state index in [9.17, 15) is 13.2 Å². The Bertz CT molecular complexity index is 910. The van der Waals surface area contributed by atoms with Crippen molar-refractivity contribution >= 4 is 26.7 Å². The normalized spacial score (nSPS) is 24.0. The van der Waals surface area contributed by atoms with Crippen LogP contribution in [0.5, 0.6) is 0 Å². The van der Waals surface area contributed by atoms with Crippen LogP contribution in [-0.4, -0.2) is 67.9 Å². The van der Waals surface area contributed by atoms with E-state index in [2.05, 4.69) is 4.90 Å². The van der Waals surface area contributed by atoms with Crippen LogP contribution in [0.2, 0.25) is 0 Å². The quantitative estimate of drug-likeness (QED) is 0.813. The molecule has 2 fully saturated rings. The number of fused-ring (bicyclic) bond motifs is 1. The summed E-state index contributed by atoms with van der Waals surface area (Å²) < 4.78 is 29.1. The Hall–Kier alpha value is -1.86. The summed E-state index contributed by atoms with van der Waals surface area (Å²) in [6.45, 7) is 4.60. The van der Waals surface area contributed by atoms with Crippen LogP contribution >= 0.6 is 0 Å². The molecule has 1 aromatic carbocycles. The molecule has 1 atom stereocenters. The van der Waals surface area contributed by atoms with Crippen LogP contribution in [0.4, 0.5) is 0 Å². The van der Waals surface area contributed by atoms with Gasteiger partial charge in [0.15, 0.2) is 15.6 Å². The summed E-state index contributed by atoms with van der Waals surface area (Å²) in [4.78, 5) is 16.7. The molecule has 2 aromatic rings. The molecular formula is C18H22N2O4S. The molecule has 25 heavy (non-hydrogen) atoms. The summed E-state index contributed by atoms with van der Waals surface area (Å²) in [7, 11) is -2.87. The van der Waals surface area contributed by atoms with Crippen LogP contribution in [0.15, 0.2) is 28.7 Å². The monoisotopic (exact) mass is 362 g/mol. The van der Waals surface area contributed by atoms with Gasteiger partial charge in [-0.2, -0.15) is 0 Å². The Morgan fingerprint density at radius 3 is 2.60 bits per heavy atom. The van der Waals surface area contributed by atoms with E-state index >= 15 is 0 Å². The third-order valence-electron chi connectivity index (χ3n) is 5.28. The summed E-state index contributed by atoms with van der Waals surface area (Å²) in [6.07, 6.45) is 0.707. The zero-order chi connectivity index (χ0) is 17.6. The first-order valence-electron chi connectivity index (χ1n) is 8.66. The largest absolute Gasteiger partial charge is 0.451 e. The molecule has 2 aliphatic heterocycles. The highest BCUT2D eigenvalue weighted by molar-refractivity contribution is 7.91. The molecule has 1 aromatic heterocycles. The van der Waals surface area contributed by atoms with E-state index in [0.29, 0.717) is 38.4 Å². The van der Waals surface area contributed by atoms with Crippen LogP contribution in [0.25, 0.3) is 11.0 Å². The molecule has 0 aliphatic carbocycles. The second-order valence-corrected chi connectivity index (χ2v) is 9.22. The van der Waals surface area contributed by atoms with Crippen LogP contribution in [-0.2, 0) is 9.84 Å². The minimum absolute atomic E-state index is 0.0886. The van der Waals surface area contributed by atoms with Gasteiger partial charge in [0, 0.05) is 37.6 Å². The maximum absolute atomic E-state index is 12.7. The van der Waals surface area contributed by atoms with Gasteiger partial charge in [-0.15, -0.1) is 0 Å². The van der Waals surface area contributed by atoms with Gasteiger partial charge >= 0.3 is 0 Å². The molecule has 0 saturated carbocycles. The number of carbonyl (C=O) groups excluding carboxylic acids is 1. The predicted molar refractivity (Wildman–Crippen MR) is 95.5 cm³/mol. The molecule has 134 valence electrons. The van der Waals surface area contributed by atoms with Crippen LogP contribution < -0.4 is 0 Å². The predicted octanol–water partition coefficient (Wildman–Crippen LogP) is 1.69. The molecular weight excluding hydrogens is 340 g/mol. The SMILES string of the molecule is Cc1cccc2cc(C(=O)N3CCN(C4CCS(=O)(=O)C4)CC3)oc12. The van der Waals surface area contributed by atoms with Crippen LogP contribution in [0.3, 0.4) is 0 Å². The number of hydrogen-bond acceptors (Lipinski definition) is 5. The lowest BCUT2D eigenvalue weighted by Gasteiger charge is -2.37. The van der Waals surface area contributed by atoms with Crippen LogP contribution in [0.1, 0.15) is 22.5 Å². The number of aryl methyl sites for hydroxylation is 1. The zero-order valence-corrected chi connectivity index (χ0v) is 15.1. The second kappa shape index (κ2) is 6.14. The average molecular weight is 362 g/mol. The molecule has 4 rings (SSSR count). The maximum atomic E-state index is 12.7. The zero-order valence-electron chi connectivity index (χ0n) is 14.3. The van der Waals surface area contributed by atoms with Crippen molar-refractivity contribution in [3.05, 3.63) is 35.6 Å². The number of piperazine rings is 1. The molecule has 0 bridgehead atoms. The fraction of sp³-hybridized carbons (Fsp3) is 0.500. The Labute approximate surface area is 147 Å². The molecule has 7 heteroatoms. The lowest BCUT2D eigenvalue weighted by atomic mass is 10.1. The molecule has 0 N–H and O–H groups in total. The number of rotatable bonds is 2. The third-order valence-corrected chi connectivity index (χ3v) is 7.03. The fourth-order valence-electron chi connectivity index (χ4n) is 3.82. The van der Waals surface area contributed by atoms with Gasteiger partial charge < -0.3 is 9.32 Å². The number of furan rings is 1. The number of benzene rings is 1. The first-order chi connectivity index (χ1) is 11.9. The number of sulfone groups is 1. The highest BCUT2D eigenvalue weighted by Crippen LogP contribution is 2.24. The summed E-state index contributed by atoms with van der Waals surface area (Å²) in [5.41, 5.74) is 1.78. The summed E-state index contributed by atoms with van der Waals surface area (Å²) in [5.74, 6) is 0.828. The second-order valence-electron chi connectivity index (χ2n) is 6.99. The maximum Gasteiger partial charge on any atom is 0.289 e. The van der Waals surface area contributed by atoms with E-state index in [-0.39, 0.29) is 23.5 Å². The smallest absolute Gasteiger partial charge is 0.289 e. The summed E-state index contributed by atoms with van der Waals surface area (Å²) in [6, 6.07) is 7.78. The van der Waals surface area contributed by atoms with Crippen molar-refractivity contribution in [1.82, 2.24) is 9.80 Å². The number of hydrogen-bond donors (Lipinski definition) is 0. The van der Waals surface area contributed by atoms with Crippen molar-refractivity contribution in [2.24, 2.45) is 0 Å². The lowest BCUT2D eigenvalue weighted by Crippen LogP contribution is -2.52. The van der Waals surface area contributed by atoms with Gasteiger partial charge in [0.2, 0.25) is 0 Å². The van der Waals surface area contributed by atoms with E-state index in [1.807, 2.05) is 25.1 Å². The molecule has 2 saturated heterocycles. The van der Waals surface area contributed by atoms with Crippen molar-refractivity contribution in [3.63, 3.8) is 0 Å². The molecule has 3 heterocycles. The summed E-state index contributed by atoms with van der Waals surface area (Å²) >= 11 is 0. The van der Waals surface area contributed by atoms with E-state index in [1.165, 1.54) is 0 Å². The molecule has 1 amide bonds. The minimum atomic E-state index is -2.87.